The van der Waals surface area contributed by atoms with E-state index >= 15 is 0 Å². The van der Waals surface area contributed by atoms with E-state index in [1.807, 2.05) is 6.92 Å². The summed E-state index contributed by atoms with van der Waals surface area (Å²) < 4.78 is 10.1. The van der Waals surface area contributed by atoms with Gasteiger partial charge in [0.2, 0.25) is 0 Å². The Kier molecular flexibility index (Phi) is 6.73. The molecular weight excluding hydrogens is 336 g/mol. The molecule has 0 radical (unpaired) electrons. The van der Waals surface area contributed by atoms with Gasteiger partial charge in [0, 0.05) is 5.56 Å². The lowest BCUT2D eigenvalue weighted by Crippen LogP contribution is -2.41. The van der Waals surface area contributed by atoms with Crippen LogP contribution in [0.5, 0.6) is 5.75 Å². The molecule has 2 rings (SSSR count). The van der Waals surface area contributed by atoms with Crippen LogP contribution in [-0.4, -0.2) is 31.5 Å². The Balaban J connectivity index is 2.04. The SMILES string of the molecule is CCCOc1ccccc1C(=O)NNC(=O)c1cccc(C(=O)OC)c1. The number of ether oxygens (including phenoxy) is 2. The van der Waals surface area contributed by atoms with Crippen LogP contribution in [0.1, 0.15) is 44.4 Å². The molecule has 2 aromatic rings. The number of para-hydroxylation sites is 1. The van der Waals surface area contributed by atoms with Gasteiger partial charge >= 0.3 is 5.97 Å². The average molecular weight is 356 g/mol. The Morgan fingerprint density at radius 2 is 1.62 bits per heavy atom. The average Bonchev–Trinajstić information content (AvgIpc) is 2.69. The van der Waals surface area contributed by atoms with Crippen LogP contribution in [0, 0.1) is 0 Å². The zero-order chi connectivity index (χ0) is 18.9. The number of hydrogen-bond donors (Lipinski definition) is 2. The van der Waals surface area contributed by atoms with E-state index in [1.54, 1.807) is 30.3 Å². The first kappa shape index (κ1) is 19.0. The summed E-state index contributed by atoms with van der Waals surface area (Å²) in [6, 6.07) is 12.7. The van der Waals surface area contributed by atoms with Crippen molar-refractivity contribution in [2.75, 3.05) is 13.7 Å². The summed E-state index contributed by atoms with van der Waals surface area (Å²) in [4.78, 5) is 36.0. The molecule has 0 bridgehead atoms. The van der Waals surface area contributed by atoms with Gasteiger partial charge in [-0.25, -0.2) is 4.79 Å². The van der Waals surface area contributed by atoms with Gasteiger partial charge in [-0.3, -0.25) is 20.4 Å². The Hall–Kier alpha value is -3.35. The maximum absolute atomic E-state index is 12.3. The molecule has 0 aliphatic rings. The number of carbonyl (C=O) groups is 3. The maximum atomic E-state index is 12.3. The molecule has 26 heavy (non-hydrogen) atoms. The summed E-state index contributed by atoms with van der Waals surface area (Å²) in [5.41, 5.74) is 5.42. The molecule has 7 nitrogen and oxygen atoms in total. The van der Waals surface area contributed by atoms with Crippen molar-refractivity contribution in [3.05, 3.63) is 65.2 Å². The third-order valence-electron chi connectivity index (χ3n) is 3.43. The minimum absolute atomic E-state index is 0.212. The quantitative estimate of drug-likeness (QED) is 0.612. The smallest absolute Gasteiger partial charge is 0.337 e. The Labute approximate surface area is 151 Å². The Morgan fingerprint density at radius 1 is 0.923 bits per heavy atom. The van der Waals surface area contributed by atoms with E-state index in [1.165, 1.54) is 25.3 Å². The summed E-state index contributed by atoms with van der Waals surface area (Å²) >= 11 is 0. The predicted octanol–water partition coefficient (Wildman–Crippen LogP) is 2.34. The van der Waals surface area contributed by atoms with E-state index in [9.17, 15) is 14.4 Å². The summed E-state index contributed by atoms with van der Waals surface area (Å²) in [5, 5.41) is 0. The highest BCUT2D eigenvalue weighted by Crippen LogP contribution is 2.17. The summed E-state index contributed by atoms with van der Waals surface area (Å²) in [6.07, 6.45) is 0.809. The monoisotopic (exact) mass is 356 g/mol. The minimum atomic E-state index is -0.559. The van der Waals surface area contributed by atoms with Crippen LogP contribution in [0.2, 0.25) is 0 Å². The van der Waals surface area contributed by atoms with E-state index < -0.39 is 17.8 Å². The molecule has 0 saturated carbocycles. The second kappa shape index (κ2) is 9.22. The maximum Gasteiger partial charge on any atom is 0.337 e. The number of carbonyl (C=O) groups excluding carboxylic acids is 3. The van der Waals surface area contributed by atoms with E-state index in [-0.39, 0.29) is 11.1 Å². The first-order valence-electron chi connectivity index (χ1n) is 8.07. The van der Waals surface area contributed by atoms with Gasteiger partial charge in [0.15, 0.2) is 0 Å². The van der Waals surface area contributed by atoms with Gasteiger partial charge in [-0.05, 0) is 36.8 Å². The van der Waals surface area contributed by atoms with Gasteiger partial charge in [-0.2, -0.15) is 0 Å². The number of amides is 2. The molecule has 0 saturated heterocycles. The van der Waals surface area contributed by atoms with Gasteiger partial charge in [-0.1, -0.05) is 25.1 Å². The minimum Gasteiger partial charge on any atom is -0.493 e. The van der Waals surface area contributed by atoms with Crippen LogP contribution in [0.3, 0.4) is 0 Å². The number of hydrogen-bond acceptors (Lipinski definition) is 5. The van der Waals surface area contributed by atoms with Gasteiger partial charge in [0.25, 0.3) is 11.8 Å². The molecule has 136 valence electrons. The molecule has 0 aliphatic carbocycles. The van der Waals surface area contributed by atoms with Crippen molar-refractivity contribution in [1.29, 1.82) is 0 Å². The molecule has 0 aliphatic heterocycles. The topological polar surface area (TPSA) is 93.7 Å². The lowest BCUT2D eigenvalue weighted by atomic mass is 10.1. The predicted molar refractivity (Wildman–Crippen MR) is 94.9 cm³/mol. The van der Waals surface area contributed by atoms with Crippen LogP contribution in [0.25, 0.3) is 0 Å². The van der Waals surface area contributed by atoms with Crippen molar-refractivity contribution < 1.29 is 23.9 Å². The zero-order valence-corrected chi connectivity index (χ0v) is 14.6. The van der Waals surface area contributed by atoms with E-state index in [0.29, 0.717) is 17.9 Å². The molecular formula is C19H20N2O5. The zero-order valence-electron chi connectivity index (χ0n) is 14.6. The molecule has 2 aromatic carbocycles. The van der Waals surface area contributed by atoms with Crippen LogP contribution in [0.4, 0.5) is 0 Å². The highest BCUT2D eigenvalue weighted by molar-refractivity contribution is 6.01. The fourth-order valence-electron chi connectivity index (χ4n) is 2.15. The molecule has 0 aromatic heterocycles. The van der Waals surface area contributed by atoms with Crippen LogP contribution >= 0.6 is 0 Å². The number of nitrogens with one attached hydrogen (secondary N) is 2. The largest absolute Gasteiger partial charge is 0.493 e. The molecule has 7 heteroatoms. The second-order valence-corrected chi connectivity index (χ2v) is 5.33. The highest BCUT2D eigenvalue weighted by atomic mass is 16.5. The van der Waals surface area contributed by atoms with E-state index in [4.69, 9.17) is 4.74 Å². The Morgan fingerprint density at radius 3 is 2.35 bits per heavy atom. The van der Waals surface area contributed by atoms with Crippen molar-refractivity contribution in [2.45, 2.75) is 13.3 Å². The van der Waals surface area contributed by atoms with Crippen molar-refractivity contribution in [2.24, 2.45) is 0 Å². The molecule has 0 spiro atoms. The summed E-state index contributed by atoms with van der Waals surface area (Å²) in [6.45, 7) is 2.45. The van der Waals surface area contributed by atoms with Gasteiger partial charge in [-0.15, -0.1) is 0 Å². The fraction of sp³-hybridized carbons (Fsp3) is 0.211. The van der Waals surface area contributed by atoms with Crippen molar-refractivity contribution in [3.8, 4) is 5.75 Å². The van der Waals surface area contributed by atoms with Gasteiger partial charge in [0.1, 0.15) is 5.75 Å². The molecule has 2 amide bonds. The molecule has 0 fully saturated rings. The molecule has 2 N–H and O–H groups in total. The van der Waals surface area contributed by atoms with Crippen LogP contribution in [0.15, 0.2) is 48.5 Å². The van der Waals surface area contributed by atoms with E-state index in [0.717, 1.165) is 6.42 Å². The van der Waals surface area contributed by atoms with Crippen LogP contribution < -0.4 is 15.6 Å². The summed E-state index contributed by atoms with van der Waals surface area (Å²) in [7, 11) is 1.26. The third kappa shape index (κ3) is 4.83. The number of hydrazine groups is 1. The standard InChI is InChI=1S/C19H20N2O5/c1-3-11-26-16-10-5-4-9-15(16)18(23)21-20-17(22)13-7-6-8-14(12-13)19(24)25-2/h4-10,12H,3,11H2,1-2H3,(H,20,22)(H,21,23). The number of methoxy groups -OCH3 is 1. The van der Waals surface area contributed by atoms with Crippen molar-refractivity contribution in [3.63, 3.8) is 0 Å². The first-order valence-corrected chi connectivity index (χ1v) is 8.07. The van der Waals surface area contributed by atoms with Crippen molar-refractivity contribution in [1.82, 2.24) is 10.9 Å². The van der Waals surface area contributed by atoms with Crippen LogP contribution in [-0.2, 0) is 4.74 Å². The normalized spacial score (nSPS) is 9.92. The van der Waals surface area contributed by atoms with Gasteiger partial charge < -0.3 is 9.47 Å². The number of rotatable bonds is 6. The summed E-state index contributed by atoms with van der Waals surface area (Å²) in [5.74, 6) is -1.18. The van der Waals surface area contributed by atoms with Crippen molar-refractivity contribution >= 4 is 17.8 Å². The number of esters is 1. The lowest BCUT2D eigenvalue weighted by Gasteiger charge is -2.12. The second-order valence-electron chi connectivity index (χ2n) is 5.33. The lowest BCUT2D eigenvalue weighted by molar-refractivity contribution is 0.0600. The molecule has 0 heterocycles. The number of benzene rings is 2. The molecule has 0 unspecified atom stereocenters. The fourth-order valence-corrected chi connectivity index (χ4v) is 2.15. The van der Waals surface area contributed by atoms with E-state index in [2.05, 4.69) is 15.6 Å². The Bertz CT molecular complexity index is 804. The molecule has 0 atom stereocenters. The van der Waals surface area contributed by atoms with Gasteiger partial charge in [0.05, 0.1) is 24.8 Å². The highest BCUT2D eigenvalue weighted by Gasteiger charge is 2.14. The first-order chi connectivity index (χ1) is 12.6. The third-order valence-corrected chi connectivity index (χ3v) is 3.43.